The Labute approximate surface area is 145 Å². The summed E-state index contributed by atoms with van der Waals surface area (Å²) in [5.74, 6) is -0.260. The summed E-state index contributed by atoms with van der Waals surface area (Å²) in [5, 5.41) is 5.94. The van der Waals surface area contributed by atoms with Crippen LogP contribution in [0.3, 0.4) is 0 Å². The number of hydrogen-bond acceptors (Lipinski definition) is 3. The number of nitrogens with one attached hydrogen (secondary N) is 2. The van der Waals surface area contributed by atoms with Gasteiger partial charge < -0.3 is 10.6 Å². The first-order chi connectivity index (χ1) is 12.0. The second kappa shape index (κ2) is 7.13. The SMILES string of the molecule is Cc1cccc(C)c1NC(=O)c1cccnc1Nc1cccc(F)c1. The molecular formula is C20H18FN3O. The Morgan fingerprint density at radius 3 is 2.44 bits per heavy atom. The molecule has 3 aromatic rings. The second-order valence-electron chi connectivity index (χ2n) is 5.76. The maximum absolute atomic E-state index is 13.4. The summed E-state index contributed by atoms with van der Waals surface area (Å²) in [5.41, 5.74) is 3.66. The van der Waals surface area contributed by atoms with E-state index < -0.39 is 0 Å². The number of aryl methyl sites for hydroxylation is 2. The highest BCUT2D eigenvalue weighted by Crippen LogP contribution is 2.23. The van der Waals surface area contributed by atoms with Gasteiger partial charge >= 0.3 is 0 Å². The number of para-hydroxylation sites is 1. The monoisotopic (exact) mass is 335 g/mol. The van der Waals surface area contributed by atoms with Crippen LogP contribution in [0, 0.1) is 19.7 Å². The van der Waals surface area contributed by atoms with Crippen LogP contribution in [0.4, 0.5) is 21.6 Å². The zero-order valence-electron chi connectivity index (χ0n) is 14.0. The van der Waals surface area contributed by atoms with Gasteiger partial charge in [-0.2, -0.15) is 0 Å². The summed E-state index contributed by atoms with van der Waals surface area (Å²) in [6.07, 6.45) is 1.58. The Kier molecular flexibility index (Phi) is 4.75. The number of carbonyl (C=O) groups excluding carboxylic acids is 1. The molecule has 0 aliphatic rings. The fourth-order valence-electron chi connectivity index (χ4n) is 2.58. The van der Waals surface area contributed by atoms with Gasteiger partial charge in [-0.15, -0.1) is 0 Å². The van der Waals surface area contributed by atoms with Crippen molar-refractivity contribution >= 4 is 23.1 Å². The van der Waals surface area contributed by atoms with Crippen LogP contribution in [0.1, 0.15) is 21.5 Å². The zero-order valence-corrected chi connectivity index (χ0v) is 14.0. The van der Waals surface area contributed by atoms with Gasteiger partial charge in [-0.3, -0.25) is 4.79 Å². The highest BCUT2D eigenvalue weighted by molar-refractivity contribution is 6.08. The summed E-state index contributed by atoms with van der Waals surface area (Å²) >= 11 is 0. The van der Waals surface area contributed by atoms with E-state index in [4.69, 9.17) is 0 Å². The first kappa shape index (κ1) is 16.6. The smallest absolute Gasteiger partial charge is 0.259 e. The molecule has 4 nitrogen and oxygen atoms in total. The Bertz CT molecular complexity index is 904. The fraction of sp³-hybridized carbons (Fsp3) is 0.100. The molecule has 5 heteroatoms. The molecule has 0 saturated heterocycles. The van der Waals surface area contributed by atoms with Gasteiger partial charge in [0.05, 0.1) is 5.56 Å². The van der Waals surface area contributed by atoms with Crippen molar-refractivity contribution in [2.75, 3.05) is 10.6 Å². The maximum atomic E-state index is 13.4. The van der Waals surface area contributed by atoms with Crippen LogP contribution >= 0.6 is 0 Å². The molecule has 25 heavy (non-hydrogen) atoms. The number of pyridine rings is 1. The molecule has 1 amide bonds. The quantitative estimate of drug-likeness (QED) is 0.718. The number of anilines is 3. The van der Waals surface area contributed by atoms with Crippen molar-refractivity contribution in [3.8, 4) is 0 Å². The van der Waals surface area contributed by atoms with E-state index in [1.165, 1.54) is 12.1 Å². The minimum absolute atomic E-state index is 0.274. The fourth-order valence-corrected chi connectivity index (χ4v) is 2.58. The standard InChI is InChI=1S/C20H18FN3O/c1-13-6-3-7-14(2)18(13)24-20(25)17-10-5-11-22-19(17)23-16-9-4-8-15(21)12-16/h3-12H,1-2H3,(H,22,23)(H,24,25). The number of rotatable bonds is 4. The summed E-state index contributed by atoms with van der Waals surface area (Å²) < 4.78 is 13.4. The number of carbonyl (C=O) groups is 1. The first-order valence-corrected chi connectivity index (χ1v) is 7.90. The van der Waals surface area contributed by atoms with Gasteiger partial charge in [0, 0.05) is 17.6 Å². The normalized spacial score (nSPS) is 10.4. The third kappa shape index (κ3) is 3.83. The van der Waals surface area contributed by atoms with E-state index in [1.54, 1.807) is 30.5 Å². The molecule has 3 rings (SSSR count). The van der Waals surface area contributed by atoms with E-state index in [0.29, 0.717) is 17.1 Å². The number of halogens is 1. The third-order valence-corrected chi connectivity index (χ3v) is 3.86. The molecule has 0 atom stereocenters. The van der Waals surface area contributed by atoms with Crippen molar-refractivity contribution < 1.29 is 9.18 Å². The van der Waals surface area contributed by atoms with Crippen LogP contribution in [0.5, 0.6) is 0 Å². The molecule has 0 saturated carbocycles. The van der Waals surface area contributed by atoms with Crippen molar-refractivity contribution in [1.82, 2.24) is 4.98 Å². The number of hydrogen-bond donors (Lipinski definition) is 2. The highest BCUT2D eigenvalue weighted by atomic mass is 19.1. The molecule has 0 spiro atoms. The van der Waals surface area contributed by atoms with Gasteiger partial charge in [0.25, 0.3) is 5.91 Å². The van der Waals surface area contributed by atoms with Crippen LogP contribution in [-0.2, 0) is 0 Å². The third-order valence-electron chi connectivity index (χ3n) is 3.86. The number of aromatic nitrogens is 1. The molecule has 0 aliphatic heterocycles. The van der Waals surface area contributed by atoms with Crippen LogP contribution in [0.15, 0.2) is 60.8 Å². The van der Waals surface area contributed by atoms with Crippen molar-refractivity contribution in [2.45, 2.75) is 13.8 Å². The Morgan fingerprint density at radius 1 is 1.00 bits per heavy atom. The average Bonchev–Trinajstić information content (AvgIpc) is 2.59. The van der Waals surface area contributed by atoms with Crippen molar-refractivity contribution in [3.05, 3.63) is 83.3 Å². The molecule has 1 aromatic heterocycles. The van der Waals surface area contributed by atoms with Gasteiger partial charge in [-0.05, 0) is 55.3 Å². The van der Waals surface area contributed by atoms with Gasteiger partial charge in [0.1, 0.15) is 11.6 Å². The average molecular weight is 335 g/mol. The Hall–Kier alpha value is -3.21. The van der Waals surface area contributed by atoms with Crippen molar-refractivity contribution in [3.63, 3.8) is 0 Å². The minimum Gasteiger partial charge on any atom is -0.339 e. The van der Waals surface area contributed by atoms with Gasteiger partial charge in [0.15, 0.2) is 0 Å². The number of benzene rings is 2. The Morgan fingerprint density at radius 2 is 1.72 bits per heavy atom. The molecule has 0 aliphatic carbocycles. The largest absolute Gasteiger partial charge is 0.339 e. The molecule has 126 valence electrons. The lowest BCUT2D eigenvalue weighted by atomic mass is 10.1. The van der Waals surface area contributed by atoms with E-state index in [0.717, 1.165) is 16.8 Å². The van der Waals surface area contributed by atoms with Crippen LogP contribution in [-0.4, -0.2) is 10.9 Å². The molecular weight excluding hydrogens is 317 g/mol. The zero-order chi connectivity index (χ0) is 17.8. The topological polar surface area (TPSA) is 54.0 Å². The predicted octanol–water partition coefficient (Wildman–Crippen LogP) is 4.83. The molecule has 0 radical (unpaired) electrons. The Balaban J connectivity index is 1.89. The van der Waals surface area contributed by atoms with Gasteiger partial charge in [0.2, 0.25) is 0 Å². The van der Waals surface area contributed by atoms with E-state index in [2.05, 4.69) is 15.6 Å². The summed E-state index contributed by atoms with van der Waals surface area (Å²) in [7, 11) is 0. The van der Waals surface area contributed by atoms with Gasteiger partial charge in [-0.1, -0.05) is 24.3 Å². The molecule has 0 bridgehead atoms. The van der Waals surface area contributed by atoms with E-state index in [1.807, 2.05) is 32.0 Å². The first-order valence-electron chi connectivity index (χ1n) is 7.90. The van der Waals surface area contributed by atoms with Crippen LogP contribution in [0.2, 0.25) is 0 Å². The van der Waals surface area contributed by atoms with E-state index in [9.17, 15) is 9.18 Å². The summed E-state index contributed by atoms with van der Waals surface area (Å²) in [6, 6.07) is 15.2. The predicted molar refractivity (Wildman–Crippen MR) is 97.8 cm³/mol. The second-order valence-corrected chi connectivity index (χ2v) is 5.76. The number of amides is 1. The van der Waals surface area contributed by atoms with E-state index >= 15 is 0 Å². The molecule has 0 unspecified atom stereocenters. The molecule has 1 heterocycles. The lowest BCUT2D eigenvalue weighted by molar-refractivity contribution is 0.102. The molecule has 2 aromatic carbocycles. The molecule has 2 N–H and O–H groups in total. The maximum Gasteiger partial charge on any atom is 0.259 e. The van der Waals surface area contributed by atoms with Crippen molar-refractivity contribution in [2.24, 2.45) is 0 Å². The lowest BCUT2D eigenvalue weighted by Crippen LogP contribution is -2.16. The highest BCUT2D eigenvalue weighted by Gasteiger charge is 2.14. The van der Waals surface area contributed by atoms with E-state index in [-0.39, 0.29) is 11.7 Å². The minimum atomic E-state index is -0.359. The van der Waals surface area contributed by atoms with Crippen LogP contribution < -0.4 is 10.6 Å². The lowest BCUT2D eigenvalue weighted by Gasteiger charge is -2.14. The van der Waals surface area contributed by atoms with Gasteiger partial charge in [-0.25, -0.2) is 9.37 Å². The summed E-state index contributed by atoms with van der Waals surface area (Å²) in [4.78, 5) is 16.9. The molecule has 0 fully saturated rings. The number of nitrogens with zero attached hydrogens (tertiary/aromatic N) is 1. The van der Waals surface area contributed by atoms with Crippen molar-refractivity contribution in [1.29, 1.82) is 0 Å². The van der Waals surface area contributed by atoms with Crippen LogP contribution in [0.25, 0.3) is 0 Å². The summed E-state index contributed by atoms with van der Waals surface area (Å²) in [6.45, 7) is 3.88.